The molecular weight excluding hydrogens is 228 g/mol. The topological polar surface area (TPSA) is 65.3 Å². The maximum absolute atomic E-state index is 9.75. The number of benzene rings is 1. The molecule has 0 bridgehead atoms. The molecule has 0 saturated heterocycles. The van der Waals surface area contributed by atoms with Crippen LogP contribution in [0.25, 0.3) is 0 Å². The normalized spacial score (nSPS) is 12.8. The molecular formula is C14H20N2O2. The van der Waals surface area contributed by atoms with E-state index in [4.69, 9.17) is 10.00 Å². The molecule has 2 N–H and O–H groups in total. The monoisotopic (exact) mass is 248 g/mol. The van der Waals surface area contributed by atoms with Gasteiger partial charge in [-0.15, -0.1) is 0 Å². The molecule has 1 rings (SSSR count). The van der Waals surface area contributed by atoms with Crippen LogP contribution in [0, 0.1) is 11.3 Å². The van der Waals surface area contributed by atoms with Gasteiger partial charge in [0.05, 0.1) is 29.9 Å². The minimum absolute atomic E-state index is 0.248. The number of anilines is 1. The van der Waals surface area contributed by atoms with E-state index in [0.29, 0.717) is 12.1 Å². The first-order valence-electron chi connectivity index (χ1n) is 5.97. The van der Waals surface area contributed by atoms with Crippen molar-refractivity contribution >= 4 is 5.69 Å². The Labute approximate surface area is 108 Å². The number of rotatable bonds is 5. The second-order valence-electron chi connectivity index (χ2n) is 5.15. The highest BCUT2D eigenvalue weighted by Crippen LogP contribution is 2.10. The van der Waals surface area contributed by atoms with E-state index in [0.717, 1.165) is 5.69 Å². The van der Waals surface area contributed by atoms with E-state index in [1.54, 1.807) is 18.2 Å². The van der Waals surface area contributed by atoms with Gasteiger partial charge < -0.3 is 15.2 Å². The van der Waals surface area contributed by atoms with Gasteiger partial charge in [0.25, 0.3) is 0 Å². The molecule has 1 atom stereocenters. The average Bonchev–Trinajstić information content (AvgIpc) is 2.33. The van der Waals surface area contributed by atoms with Crippen LogP contribution in [0.5, 0.6) is 0 Å². The molecule has 1 aromatic rings. The lowest BCUT2D eigenvalue weighted by molar-refractivity contribution is -0.0449. The van der Waals surface area contributed by atoms with Gasteiger partial charge in [-0.2, -0.15) is 5.26 Å². The summed E-state index contributed by atoms with van der Waals surface area (Å²) in [4.78, 5) is 0. The predicted molar refractivity (Wildman–Crippen MR) is 71.4 cm³/mol. The van der Waals surface area contributed by atoms with Crippen LogP contribution in [0.3, 0.4) is 0 Å². The van der Waals surface area contributed by atoms with Gasteiger partial charge in [-0.3, -0.25) is 0 Å². The summed E-state index contributed by atoms with van der Waals surface area (Å²) in [7, 11) is 0. The SMILES string of the molecule is CC(C)(C)OCC(O)CNc1cccc(C#N)c1. The minimum Gasteiger partial charge on any atom is -0.389 e. The Hall–Kier alpha value is -1.57. The molecule has 0 aliphatic rings. The first-order valence-corrected chi connectivity index (χ1v) is 5.97. The molecule has 18 heavy (non-hydrogen) atoms. The molecule has 1 aromatic carbocycles. The van der Waals surface area contributed by atoms with Crippen LogP contribution in [0.4, 0.5) is 5.69 Å². The molecule has 98 valence electrons. The van der Waals surface area contributed by atoms with E-state index in [9.17, 15) is 5.11 Å². The van der Waals surface area contributed by atoms with Crippen molar-refractivity contribution in [3.63, 3.8) is 0 Å². The molecule has 1 unspecified atom stereocenters. The number of nitrogens with zero attached hydrogens (tertiary/aromatic N) is 1. The summed E-state index contributed by atoms with van der Waals surface area (Å²) in [6.07, 6.45) is -0.574. The Balaban J connectivity index is 2.38. The molecule has 0 heterocycles. The fourth-order valence-corrected chi connectivity index (χ4v) is 1.34. The number of nitriles is 1. The van der Waals surface area contributed by atoms with Gasteiger partial charge in [-0.1, -0.05) is 6.07 Å². The second-order valence-corrected chi connectivity index (χ2v) is 5.15. The van der Waals surface area contributed by atoms with Gasteiger partial charge in [0, 0.05) is 12.2 Å². The quantitative estimate of drug-likeness (QED) is 0.838. The summed E-state index contributed by atoms with van der Waals surface area (Å²) in [6.45, 7) is 6.52. The van der Waals surface area contributed by atoms with Gasteiger partial charge in [-0.25, -0.2) is 0 Å². The molecule has 0 aromatic heterocycles. The maximum Gasteiger partial charge on any atom is 0.0992 e. The number of ether oxygens (including phenoxy) is 1. The lowest BCUT2D eigenvalue weighted by Gasteiger charge is -2.22. The third-order valence-corrected chi connectivity index (χ3v) is 2.24. The van der Waals surface area contributed by atoms with Crippen LogP contribution in [-0.4, -0.2) is 30.0 Å². The number of hydrogen-bond donors (Lipinski definition) is 2. The van der Waals surface area contributed by atoms with E-state index in [-0.39, 0.29) is 12.2 Å². The third kappa shape index (κ3) is 5.67. The summed E-state index contributed by atoms with van der Waals surface area (Å²) < 4.78 is 5.48. The number of aliphatic hydroxyl groups is 1. The Bertz CT molecular complexity index is 419. The van der Waals surface area contributed by atoms with Crippen molar-refractivity contribution in [2.24, 2.45) is 0 Å². The van der Waals surface area contributed by atoms with Crippen LogP contribution in [0.1, 0.15) is 26.3 Å². The van der Waals surface area contributed by atoms with Gasteiger partial charge in [0.15, 0.2) is 0 Å². The summed E-state index contributed by atoms with van der Waals surface area (Å²) in [5, 5.41) is 21.6. The zero-order valence-electron chi connectivity index (χ0n) is 11.1. The molecule has 0 aliphatic heterocycles. The Kier molecular flexibility index (Phi) is 5.14. The summed E-state index contributed by atoms with van der Waals surface area (Å²) >= 11 is 0. The van der Waals surface area contributed by atoms with E-state index in [1.165, 1.54) is 0 Å². The lowest BCUT2D eigenvalue weighted by atomic mass is 10.2. The van der Waals surface area contributed by atoms with Crippen LogP contribution >= 0.6 is 0 Å². The van der Waals surface area contributed by atoms with E-state index in [2.05, 4.69) is 11.4 Å². The zero-order chi connectivity index (χ0) is 13.6. The van der Waals surface area contributed by atoms with Crippen LogP contribution in [0.15, 0.2) is 24.3 Å². The Morgan fingerprint density at radius 3 is 2.78 bits per heavy atom. The van der Waals surface area contributed by atoms with Crippen molar-refractivity contribution in [1.82, 2.24) is 0 Å². The average molecular weight is 248 g/mol. The second kappa shape index (κ2) is 6.39. The minimum atomic E-state index is -0.574. The molecule has 0 fully saturated rings. The smallest absolute Gasteiger partial charge is 0.0992 e. The largest absolute Gasteiger partial charge is 0.389 e. The molecule has 4 nitrogen and oxygen atoms in total. The molecule has 4 heteroatoms. The van der Waals surface area contributed by atoms with Gasteiger partial charge in [-0.05, 0) is 39.0 Å². The molecule has 0 aliphatic carbocycles. The van der Waals surface area contributed by atoms with Crippen molar-refractivity contribution in [2.45, 2.75) is 32.5 Å². The first kappa shape index (κ1) is 14.5. The van der Waals surface area contributed by atoms with Crippen molar-refractivity contribution in [3.8, 4) is 6.07 Å². The Morgan fingerprint density at radius 2 is 2.17 bits per heavy atom. The van der Waals surface area contributed by atoms with E-state index in [1.807, 2.05) is 26.8 Å². The van der Waals surface area contributed by atoms with Gasteiger partial charge in [0.1, 0.15) is 0 Å². The maximum atomic E-state index is 9.75. The van der Waals surface area contributed by atoms with Crippen LogP contribution < -0.4 is 5.32 Å². The molecule has 0 spiro atoms. The molecule has 0 saturated carbocycles. The fourth-order valence-electron chi connectivity index (χ4n) is 1.34. The number of nitrogens with one attached hydrogen (secondary N) is 1. The van der Waals surface area contributed by atoms with Crippen molar-refractivity contribution in [3.05, 3.63) is 29.8 Å². The van der Waals surface area contributed by atoms with Crippen molar-refractivity contribution < 1.29 is 9.84 Å². The molecule has 0 radical (unpaired) electrons. The molecule has 0 amide bonds. The number of aliphatic hydroxyl groups excluding tert-OH is 1. The summed E-state index contributed by atoms with van der Waals surface area (Å²) in [6, 6.07) is 9.22. The third-order valence-electron chi connectivity index (χ3n) is 2.24. The van der Waals surface area contributed by atoms with Gasteiger partial charge >= 0.3 is 0 Å². The summed E-state index contributed by atoms with van der Waals surface area (Å²) in [5.74, 6) is 0. The number of hydrogen-bond acceptors (Lipinski definition) is 4. The highest BCUT2D eigenvalue weighted by Gasteiger charge is 2.13. The summed E-state index contributed by atoms with van der Waals surface area (Å²) in [5.41, 5.74) is 1.17. The predicted octanol–water partition coefficient (Wildman–Crippen LogP) is 2.15. The zero-order valence-corrected chi connectivity index (χ0v) is 11.1. The first-order chi connectivity index (χ1) is 8.40. The highest BCUT2D eigenvalue weighted by molar-refractivity contribution is 5.49. The van der Waals surface area contributed by atoms with Crippen molar-refractivity contribution in [2.75, 3.05) is 18.5 Å². The highest BCUT2D eigenvalue weighted by atomic mass is 16.5. The van der Waals surface area contributed by atoms with Gasteiger partial charge in [0.2, 0.25) is 0 Å². The van der Waals surface area contributed by atoms with Crippen LogP contribution in [0.2, 0.25) is 0 Å². The van der Waals surface area contributed by atoms with Crippen molar-refractivity contribution in [1.29, 1.82) is 5.26 Å². The van der Waals surface area contributed by atoms with E-state index >= 15 is 0 Å². The fraction of sp³-hybridized carbons (Fsp3) is 0.500. The lowest BCUT2D eigenvalue weighted by Crippen LogP contribution is -2.30. The standard InChI is InChI=1S/C14H20N2O2/c1-14(2,3)18-10-13(17)9-16-12-6-4-5-11(7-12)8-15/h4-7,13,16-17H,9-10H2,1-3H3. The Morgan fingerprint density at radius 1 is 1.44 bits per heavy atom. The van der Waals surface area contributed by atoms with E-state index < -0.39 is 6.10 Å². The van der Waals surface area contributed by atoms with Crippen LogP contribution in [-0.2, 0) is 4.74 Å².